The molecule has 0 atom stereocenters. The van der Waals surface area contributed by atoms with Crippen LogP contribution in [0, 0.1) is 17.0 Å². The predicted molar refractivity (Wildman–Crippen MR) is 101 cm³/mol. The molecule has 27 heavy (non-hydrogen) atoms. The monoisotopic (exact) mass is 385 g/mol. The Kier molecular flexibility index (Phi) is 5.23. The van der Waals surface area contributed by atoms with Crippen LogP contribution >= 0.6 is 11.6 Å². The Bertz CT molecular complexity index is 995. The highest BCUT2D eigenvalue weighted by atomic mass is 35.5. The second kappa shape index (κ2) is 7.59. The first-order chi connectivity index (χ1) is 12.9. The minimum absolute atomic E-state index is 0.0433. The van der Waals surface area contributed by atoms with Crippen molar-refractivity contribution in [2.45, 2.75) is 13.8 Å². The first-order valence-electron chi connectivity index (χ1n) is 8.20. The van der Waals surface area contributed by atoms with Crippen LogP contribution in [0.4, 0.5) is 5.69 Å². The van der Waals surface area contributed by atoms with E-state index in [2.05, 4.69) is 5.10 Å². The Morgan fingerprint density at radius 3 is 2.37 bits per heavy atom. The van der Waals surface area contributed by atoms with Crippen molar-refractivity contribution in [1.29, 1.82) is 0 Å². The lowest BCUT2D eigenvalue weighted by molar-refractivity contribution is -0.384. The van der Waals surface area contributed by atoms with Crippen molar-refractivity contribution < 1.29 is 14.5 Å². The summed E-state index contributed by atoms with van der Waals surface area (Å²) in [6.45, 7) is 3.73. The number of rotatable bonds is 5. The van der Waals surface area contributed by atoms with E-state index in [4.69, 9.17) is 16.3 Å². The van der Waals surface area contributed by atoms with E-state index in [9.17, 15) is 14.9 Å². The Morgan fingerprint density at radius 2 is 1.81 bits per heavy atom. The zero-order valence-corrected chi connectivity index (χ0v) is 15.4. The molecule has 0 saturated carbocycles. The number of hydrogen-bond acceptors (Lipinski definition) is 5. The highest BCUT2D eigenvalue weighted by molar-refractivity contribution is 6.30. The maximum atomic E-state index is 12.5. The van der Waals surface area contributed by atoms with Crippen molar-refractivity contribution in [3.8, 4) is 16.9 Å². The number of esters is 1. The lowest BCUT2D eigenvalue weighted by Crippen LogP contribution is -2.13. The van der Waals surface area contributed by atoms with Gasteiger partial charge in [-0.25, -0.2) is 9.48 Å². The summed E-state index contributed by atoms with van der Waals surface area (Å²) in [5, 5.41) is 16.0. The van der Waals surface area contributed by atoms with Gasteiger partial charge in [0, 0.05) is 28.3 Å². The van der Waals surface area contributed by atoms with E-state index in [1.165, 1.54) is 16.8 Å². The van der Waals surface area contributed by atoms with Gasteiger partial charge in [-0.2, -0.15) is 5.10 Å². The molecule has 0 aliphatic heterocycles. The van der Waals surface area contributed by atoms with E-state index < -0.39 is 10.9 Å². The van der Waals surface area contributed by atoms with Crippen LogP contribution < -0.4 is 0 Å². The lowest BCUT2D eigenvalue weighted by Gasteiger charge is -2.07. The standard InChI is InChI=1S/C19H16ClN3O4/c1-3-27-19(24)18-12(2)17(13-4-6-14(20)7-5-13)21-22(18)15-8-10-16(11-9-15)23(25)26/h4-11H,3H2,1-2H3. The van der Waals surface area contributed by atoms with Gasteiger partial charge < -0.3 is 4.74 Å². The average molecular weight is 386 g/mol. The van der Waals surface area contributed by atoms with E-state index in [0.717, 1.165) is 5.56 Å². The number of non-ortho nitro benzene ring substituents is 1. The second-order valence-corrected chi connectivity index (χ2v) is 6.17. The maximum absolute atomic E-state index is 12.5. The fourth-order valence-corrected chi connectivity index (χ4v) is 2.85. The third-order valence-corrected chi connectivity index (χ3v) is 4.27. The molecule has 0 spiro atoms. The molecule has 0 unspecified atom stereocenters. The van der Waals surface area contributed by atoms with Gasteiger partial charge >= 0.3 is 5.97 Å². The molecule has 138 valence electrons. The summed E-state index contributed by atoms with van der Waals surface area (Å²) in [7, 11) is 0. The molecule has 2 aromatic carbocycles. The maximum Gasteiger partial charge on any atom is 0.357 e. The lowest BCUT2D eigenvalue weighted by atomic mass is 10.1. The zero-order chi connectivity index (χ0) is 19.6. The predicted octanol–water partition coefficient (Wildman–Crippen LogP) is 4.59. The molecule has 0 N–H and O–H groups in total. The van der Waals surface area contributed by atoms with Gasteiger partial charge in [0.15, 0.2) is 5.69 Å². The second-order valence-electron chi connectivity index (χ2n) is 5.73. The molecule has 0 radical (unpaired) electrons. The van der Waals surface area contributed by atoms with Crippen molar-refractivity contribution in [3.63, 3.8) is 0 Å². The van der Waals surface area contributed by atoms with Gasteiger partial charge in [-0.05, 0) is 38.1 Å². The third-order valence-electron chi connectivity index (χ3n) is 4.01. The highest BCUT2D eigenvalue weighted by Gasteiger charge is 2.24. The highest BCUT2D eigenvalue weighted by Crippen LogP contribution is 2.29. The molecule has 0 bridgehead atoms. The molecule has 3 rings (SSSR count). The van der Waals surface area contributed by atoms with E-state index in [-0.39, 0.29) is 18.0 Å². The van der Waals surface area contributed by atoms with Crippen molar-refractivity contribution in [1.82, 2.24) is 9.78 Å². The minimum atomic E-state index is -0.513. The number of ether oxygens (including phenoxy) is 1. The van der Waals surface area contributed by atoms with Gasteiger partial charge in [0.2, 0.25) is 0 Å². The number of nitro groups is 1. The molecule has 0 amide bonds. The number of aromatic nitrogens is 2. The van der Waals surface area contributed by atoms with Crippen LogP contribution in [-0.4, -0.2) is 27.3 Å². The quantitative estimate of drug-likeness (QED) is 0.364. The Balaban J connectivity index is 2.16. The van der Waals surface area contributed by atoms with Crippen LogP contribution in [0.3, 0.4) is 0 Å². The Labute approximate surface area is 160 Å². The molecule has 0 aliphatic rings. The van der Waals surface area contributed by atoms with E-state index in [1.54, 1.807) is 38.1 Å². The molecule has 7 nitrogen and oxygen atoms in total. The Hall–Kier alpha value is -3.19. The molecule has 0 aliphatic carbocycles. The number of nitrogens with zero attached hydrogens (tertiary/aromatic N) is 3. The number of carbonyl (C=O) groups is 1. The first-order valence-corrected chi connectivity index (χ1v) is 8.57. The average Bonchev–Trinajstić information content (AvgIpc) is 3.00. The van der Waals surface area contributed by atoms with Crippen LogP contribution in [0.5, 0.6) is 0 Å². The summed E-state index contributed by atoms with van der Waals surface area (Å²) in [5.41, 5.74) is 2.80. The Morgan fingerprint density at radius 1 is 1.19 bits per heavy atom. The molecule has 0 fully saturated rings. The fourth-order valence-electron chi connectivity index (χ4n) is 2.72. The van der Waals surface area contributed by atoms with Gasteiger partial charge in [0.1, 0.15) is 0 Å². The SMILES string of the molecule is CCOC(=O)c1c(C)c(-c2ccc(Cl)cc2)nn1-c1ccc([N+](=O)[O-])cc1. The molecule has 8 heteroatoms. The number of halogens is 1. The largest absolute Gasteiger partial charge is 0.461 e. The van der Waals surface area contributed by atoms with Crippen molar-refractivity contribution >= 4 is 23.3 Å². The fraction of sp³-hybridized carbons (Fsp3) is 0.158. The molecule has 1 heterocycles. The van der Waals surface area contributed by atoms with Crippen LogP contribution in [0.15, 0.2) is 48.5 Å². The number of benzene rings is 2. The third kappa shape index (κ3) is 3.68. The smallest absolute Gasteiger partial charge is 0.357 e. The summed E-state index contributed by atoms with van der Waals surface area (Å²) >= 11 is 5.95. The van der Waals surface area contributed by atoms with E-state index >= 15 is 0 Å². The molecular weight excluding hydrogens is 370 g/mol. The summed E-state index contributed by atoms with van der Waals surface area (Å²) in [6, 6.07) is 12.9. The van der Waals surface area contributed by atoms with Gasteiger partial charge in [-0.15, -0.1) is 0 Å². The molecule has 0 saturated heterocycles. The summed E-state index contributed by atoms with van der Waals surface area (Å²) < 4.78 is 6.62. The van der Waals surface area contributed by atoms with E-state index in [1.807, 2.05) is 12.1 Å². The minimum Gasteiger partial charge on any atom is -0.461 e. The molecule has 1 aromatic heterocycles. The molecule has 3 aromatic rings. The van der Waals surface area contributed by atoms with Crippen molar-refractivity contribution in [2.75, 3.05) is 6.61 Å². The first kappa shape index (κ1) is 18.6. The summed E-state index contributed by atoms with van der Waals surface area (Å²) in [6.07, 6.45) is 0. The van der Waals surface area contributed by atoms with Crippen LogP contribution in [0.2, 0.25) is 5.02 Å². The van der Waals surface area contributed by atoms with Crippen molar-refractivity contribution in [2.24, 2.45) is 0 Å². The number of carbonyl (C=O) groups excluding carboxylic acids is 1. The van der Waals surface area contributed by atoms with Crippen molar-refractivity contribution in [3.05, 3.63) is 74.9 Å². The molecular formula is C19H16ClN3O4. The zero-order valence-electron chi connectivity index (χ0n) is 14.7. The number of hydrogen-bond donors (Lipinski definition) is 0. The number of nitro benzene ring substituents is 1. The van der Waals surface area contributed by atoms with Gasteiger partial charge in [-0.3, -0.25) is 10.1 Å². The van der Waals surface area contributed by atoms with Crippen LogP contribution in [-0.2, 0) is 4.74 Å². The summed E-state index contributed by atoms with van der Waals surface area (Å²) in [5.74, 6) is -0.513. The van der Waals surface area contributed by atoms with Gasteiger partial charge in [0.05, 0.1) is 22.9 Å². The van der Waals surface area contributed by atoms with Gasteiger partial charge in [-0.1, -0.05) is 23.7 Å². The normalized spacial score (nSPS) is 10.6. The van der Waals surface area contributed by atoms with Gasteiger partial charge in [0.25, 0.3) is 5.69 Å². The van der Waals surface area contributed by atoms with Crippen LogP contribution in [0.1, 0.15) is 23.0 Å². The summed E-state index contributed by atoms with van der Waals surface area (Å²) in [4.78, 5) is 22.9. The van der Waals surface area contributed by atoms with E-state index in [0.29, 0.717) is 22.0 Å². The topological polar surface area (TPSA) is 87.3 Å². The van der Waals surface area contributed by atoms with Crippen LogP contribution in [0.25, 0.3) is 16.9 Å².